The van der Waals surface area contributed by atoms with Gasteiger partial charge in [0.25, 0.3) is 0 Å². The summed E-state index contributed by atoms with van der Waals surface area (Å²) in [7, 11) is 0. The van der Waals surface area contributed by atoms with Gasteiger partial charge in [-0.2, -0.15) is 0 Å². The molecule has 0 saturated carbocycles. The van der Waals surface area contributed by atoms with Crippen LogP contribution < -0.4 is 5.32 Å². The molecule has 0 aliphatic carbocycles. The van der Waals surface area contributed by atoms with Crippen LogP contribution in [0.5, 0.6) is 0 Å². The van der Waals surface area contributed by atoms with Crippen molar-refractivity contribution in [3.63, 3.8) is 0 Å². The number of hydrogen-bond donors (Lipinski definition) is 1. The van der Waals surface area contributed by atoms with Crippen molar-refractivity contribution in [1.29, 1.82) is 0 Å². The molecular weight excluding hydrogens is 713 g/mol. The second-order valence-corrected chi connectivity index (χ2v) is 20.4. The first kappa shape index (κ1) is 43.1. The standard InChI is InChI=1S/C57H66N2/c1-38(58-52-48(40-21-29-44(30-22-40)54(3,4)5)17-15-18-49(52)41-23-31-45(32-24-41)55(6,7)8)37-39(2)59-53-50(42-25-33-46(34-26-42)56(9,10)11)19-16-20-51(53)43-27-35-47(36-28-43)57(12,13)14/h15-37,58H,1-14H3/b38-37+,59-39?. The molecule has 0 unspecified atom stereocenters. The maximum Gasteiger partial charge on any atom is 0.0789 e. The van der Waals surface area contributed by atoms with Crippen LogP contribution in [-0.4, -0.2) is 5.71 Å². The maximum atomic E-state index is 5.46. The zero-order valence-electron chi connectivity index (χ0n) is 38.2. The molecule has 0 aromatic heterocycles. The maximum absolute atomic E-state index is 5.46. The number of aliphatic imine (C=N–C) groups is 1. The molecule has 6 rings (SSSR count). The minimum absolute atomic E-state index is 0.0757. The van der Waals surface area contributed by atoms with Crippen LogP contribution in [0.1, 0.15) is 119 Å². The Labute approximate surface area is 356 Å². The summed E-state index contributed by atoms with van der Waals surface area (Å²) in [6.07, 6.45) is 2.18. The summed E-state index contributed by atoms with van der Waals surface area (Å²) < 4.78 is 0. The van der Waals surface area contributed by atoms with Gasteiger partial charge in [0.1, 0.15) is 0 Å². The van der Waals surface area contributed by atoms with Crippen LogP contribution in [0.2, 0.25) is 0 Å². The third kappa shape index (κ3) is 10.2. The summed E-state index contributed by atoms with van der Waals surface area (Å²) in [6, 6.07) is 49.4. The first-order valence-corrected chi connectivity index (χ1v) is 21.3. The van der Waals surface area contributed by atoms with E-state index in [0.29, 0.717) is 0 Å². The normalized spacial score (nSPS) is 13.1. The third-order valence-corrected chi connectivity index (χ3v) is 11.4. The molecule has 0 radical (unpaired) electrons. The molecule has 2 nitrogen and oxygen atoms in total. The highest BCUT2D eigenvalue weighted by atomic mass is 14.9. The van der Waals surface area contributed by atoms with Crippen molar-refractivity contribution in [2.75, 3.05) is 5.32 Å². The Morgan fingerprint density at radius 2 is 0.661 bits per heavy atom. The molecule has 1 N–H and O–H groups in total. The van der Waals surface area contributed by atoms with Gasteiger partial charge in [-0.1, -0.05) is 217 Å². The van der Waals surface area contributed by atoms with Crippen molar-refractivity contribution < 1.29 is 0 Å². The minimum Gasteiger partial charge on any atom is -0.358 e. The Kier molecular flexibility index (Phi) is 12.2. The molecule has 0 atom stereocenters. The first-order valence-electron chi connectivity index (χ1n) is 21.3. The van der Waals surface area contributed by atoms with Crippen LogP contribution in [0, 0.1) is 0 Å². The molecule has 304 valence electrons. The Balaban J connectivity index is 1.46. The van der Waals surface area contributed by atoms with Gasteiger partial charge in [0.15, 0.2) is 0 Å². The van der Waals surface area contributed by atoms with Crippen LogP contribution in [0.15, 0.2) is 150 Å². The minimum atomic E-state index is 0.0757. The zero-order valence-corrected chi connectivity index (χ0v) is 38.2. The van der Waals surface area contributed by atoms with Gasteiger partial charge in [0, 0.05) is 33.7 Å². The van der Waals surface area contributed by atoms with Gasteiger partial charge in [0.2, 0.25) is 0 Å². The predicted octanol–water partition coefficient (Wildman–Crippen LogP) is 16.7. The Bertz CT molecular complexity index is 2290. The number of benzene rings is 6. The highest BCUT2D eigenvalue weighted by molar-refractivity contribution is 6.00. The SMILES string of the molecule is CC(/C=C(\C)Nc1c(-c2ccc(C(C)(C)C)cc2)cccc1-c1ccc(C(C)(C)C)cc1)=Nc1c(-c2ccc(C(C)(C)C)cc2)cccc1-c1ccc(C(C)(C)C)cc1. The van der Waals surface area contributed by atoms with Crippen molar-refractivity contribution in [3.05, 3.63) is 167 Å². The van der Waals surface area contributed by atoms with Crippen LogP contribution >= 0.6 is 0 Å². The van der Waals surface area contributed by atoms with Crippen molar-refractivity contribution >= 4 is 17.1 Å². The Morgan fingerprint density at radius 3 is 0.949 bits per heavy atom. The number of anilines is 1. The second-order valence-electron chi connectivity index (χ2n) is 20.4. The number of nitrogens with one attached hydrogen (secondary N) is 1. The zero-order chi connectivity index (χ0) is 42.9. The van der Waals surface area contributed by atoms with E-state index in [4.69, 9.17) is 4.99 Å². The van der Waals surface area contributed by atoms with Gasteiger partial charge in [-0.05, 0) is 86.1 Å². The van der Waals surface area contributed by atoms with Gasteiger partial charge >= 0.3 is 0 Å². The fourth-order valence-corrected chi connectivity index (χ4v) is 7.65. The van der Waals surface area contributed by atoms with E-state index in [1.165, 1.54) is 33.4 Å². The van der Waals surface area contributed by atoms with E-state index in [1.54, 1.807) is 0 Å². The molecule has 2 heteroatoms. The van der Waals surface area contributed by atoms with Gasteiger partial charge in [-0.15, -0.1) is 0 Å². The van der Waals surface area contributed by atoms with E-state index in [9.17, 15) is 0 Å². The van der Waals surface area contributed by atoms with Crippen molar-refractivity contribution in [3.8, 4) is 44.5 Å². The molecule has 0 aliphatic rings. The fraction of sp³-hybridized carbons (Fsp3) is 0.316. The Hall–Kier alpha value is -5.47. The van der Waals surface area contributed by atoms with E-state index < -0.39 is 0 Å². The summed E-state index contributed by atoms with van der Waals surface area (Å²) in [6.45, 7) is 31.4. The van der Waals surface area contributed by atoms with Crippen LogP contribution in [-0.2, 0) is 21.7 Å². The largest absolute Gasteiger partial charge is 0.358 e. The fourth-order valence-electron chi connectivity index (χ4n) is 7.65. The molecular formula is C57H66N2. The average molecular weight is 779 g/mol. The summed E-state index contributed by atoms with van der Waals surface area (Å²) in [4.78, 5) is 5.46. The lowest BCUT2D eigenvalue weighted by atomic mass is 9.85. The monoisotopic (exact) mass is 779 g/mol. The molecule has 0 aliphatic heterocycles. The average Bonchev–Trinajstić information content (AvgIpc) is 3.17. The van der Waals surface area contributed by atoms with E-state index in [2.05, 4.69) is 242 Å². The number of nitrogens with zero attached hydrogens (tertiary/aromatic N) is 1. The summed E-state index contributed by atoms with van der Waals surface area (Å²) in [5.41, 5.74) is 18.8. The summed E-state index contributed by atoms with van der Waals surface area (Å²) in [5.74, 6) is 0. The van der Waals surface area contributed by atoms with Crippen molar-refractivity contribution in [2.24, 2.45) is 4.99 Å². The summed E-state index contributed by atoms with van der Waals surface area (Å²) in [5, 5.41) is 3.90. The number of hydrogen-bond acceptors (Lipinski definition) is 2. The van der Waals surface area contributed by atoms with Crippen LogP contribution in [0.4, 0.5) is 11.4 Å². The molecule has 0 amide bonds. The van der Waals surface area contributed by atoms with Crippen LogP contribution in [0.3, 0.4) is 0 Å². The van der Waals surface area contributed by atoms with Gasteiger partial charge in [-0.3, -0.25) is 4.99 Å². The molecule has 0 fully saturated rings. The second kappa shape index (κ2) is 16.6. The van der Waals surface area contributed by atoms with Gasteiger partial charge in [-0.25, -0.2) is 0 Å². The van der Waals surface area contributed by atoms with Gasteiger partial charge in [0.05, 0.1) is 11.4 Å². The Morgan fingerprint density at radius 1 is 0.390 bits per heavy atom. The van der Waals surface area contributed by atoms with E-state index in [1.807, 2.05) is 0 Å². The number of rotatable bonds is 8. The first-order chi connectivity index (χ1) is 27.6. The number of para-hydroxylation sites is 2. The molecule has 0 spiro atoms. The lowest BCUT2D eigenvalue weighted by Gasteiger charge is -2.22. The molecule has 0 bridgehead atoms. The molecule has 0 saturated heterocycles. The van der Waals surface area contributed by atoms with E-state index in [0.717, 1.165) is 56.2 Å². The van der Waals surface area contributed by atoms with Crippen LogP contribution in [0.25, 0.3) is 44.5 Å². The van der Waals surface area contributed by atoms with E-state index in [-0.39, 0.29) is 21.7 Å². The smallest absolute Gasteiger partial charge is 0.0789 e. The number of allylic oxidation sites excluding steroid dienone is 2. The quantitative estimate of drug-likeness (QED) is 0.153. The highest BCUT2D eigenvalue weighted by Gasteiger charge is 2.20. The lowest BCUT2D eigenvalue weighted by molar-refractivity contribution is 0.590. The molecule has 6 aromatic rings. The topological polar surface area (TPSA) is 24.4 Å². The van der Waals surface area contributed by atoms with Gasteiger partial charge < -0.3 is 5.32 Å². The molecule has 6 aromatic carbocycles. The van der Waals surface area contributed by atoms with Crippen molar-refractivity contribution in [2.45, 2.75) is 119 Å². The molecule has 59 heavy (non-hydrogen) atoms. The predicted molar refractivity (Wildman–Crippen MR) is 260 cm³/mol. The van der Waals surface area contributed by atoms with Crippen molar-refractivity contribution in [1.82, 2.24) is 0 Å². The molecule has 0 heterocycles. The highest BCUT2D eigenvalue weighted by Crippen LogP contribution is 2.42. The summed E-state index contributed by atoms with van der Waals surface area (Å²) >= 11 is 0. The van der Waals surface area contributed by atoms with E-state index >= 15 is 0 Å². The lowest BCUT2D eigenvalue weighted by Crippen LogP contribution is -2.10. The third-order valence-electron chi connectivity index (χ3n) is 11.4.